The Morgan fingerprint density at radius 2 is 2.26 bits per heavy atom. The molecular formula is C15H26N2O2. The number of ether oxygens (including phenoxy) is 1. The van der Waals surface area contributed by atoms with Crippen molar-refractivity contribution in [3.63, 3.8) is 0 Å². The first-order valence-electron chi connectivity index (χ1n) is 7.35. The minimum Gasteiger partial charge on any atom is -0.464 e. The zero-order valence-corrected chi connectivity index (χ0v) is 12.1. The number of rotatable bonds is 6. The second-order valence-corrected chi connectivity index (χ2v) is 5.34. The van der Waals surface area contributed by atoms with E-state index in [4.69, 9.17) is 14.9 Å². The monoisotopic (exact) mass is 266 g/mol. The fraction of sp³-hybridized carbons (Fsp3) is 0.733. The van der Waals surface area contributed by atoms with Crippen LogP contribution in [0.5, 0.6) is 0 Å². The second-order valence-electron chi connectivity index (χ2n) is 5.34. The first kappa shape index (κ1) is 14.6. The lowest BCUT2D eigenvalue weighted by atomic mass is 10.1. The van der Waals surface area contributed by atoms with Crippen LogP contribution in [0.4, 0.5) is 0 Å². The van der Waals surface area contributed by atoms with Crippen molar-refractivity contribution < 1.29 is 9.15 Å². The first-order chi connectivity index (χ1) is 9.24. The van der Waals surface area contributed by atoms with Crippen LogP contribution in [0.1, 0.15) is 43.7 Å². The van der Waals surface area contributed by atoms with Gasteiger partial charge in [0.1, 0.15) is 11.5 Å². The smallest absolute Gasteiger partial charge is 0.122 e. The Morgan fingerprint density at radius 3 is 2.84 bits per heavy atom. The fourth-order valence-corrected chi connectivity index (χ4v) is 2.68. The molecule has 0 amide bonds. The van der Waals surface area contributed by atoms with Gasteiger partial charge in [-0.2, -0.15) is 0 Å². The van der Waals surface area contributed by atoms with Crippen LogP contribution < -0.4 is 5.73 Å². The van der Waals surface area contributed by atoms with E-state index in [1.807, 2.05) is 6.07 Å². The summed E-state index contributed by atoms with van der Waals surface area (Å²) in [5.74, 6) is 1.99. The molecule has 0 spiro atoms. The lowest BCUT2D eigenvalue weighted by Crippen LogP contribution is -2.38. The van der Waals surface area contributed by atoms with Gasteiger partial charge in [0.25, 0.3) is 0 Å². The molecule has 1 aliphatic rings. The highest BCUT2D eigenvalue weighted by Gasteiger charge is 2.23. The Balaban J connectivity index is 1.95. The van der Waals surface area contributed by atoms with Crippen LogP contribution >= 0.6 is 0 Å². The maximum absolute atomic E-state index is 5.92. The van der Waals surface area contributed by atoms with Crippen molar-refractivity contribution in [2.45, 2.75) is 44.8 Å². The van der Waals surface area contributed by atoms with Crippen molar-refractivity contribution in [1.29, 1.82) is 0 Å². The molecule has 0 saturated carbocycles. The second kappa shape index (κ2) is 7.08. The average molecular weight is 266 g/mol. The van der Waals surface area contributed by atoms with Crippen LogP contribution in [0.3, 0.4) is 0 Å². The van der Waals surface area contributed by atoms with Crippen molar-refractivity contribution in [3.8, 4) is 0 Å². The topological polar surface area (TPSA) is 51.6 Å². The Labute approximate surface area is 115 Å². The summed E-state index contributed by atoms with van der Waals surface area (Å²) in [5, 5.41) is 0. The van der Waals surface area contributed by atoms with E-state index >= 15 is 0 Å². The van der Waals surface area contributed by atoms with Crippen LogP contribution in [0.2, 0.25) is 0 Å². The number of likely N-dealkylation sites (N-methyl/N-ethyl adjacent to an activating group) is 1. The van der Waals surface area contributed by atoms with Crippen LogP contribution in [0, 0.1) is 0 Å². The van der Waals surface area contributed by atoms with E-state index in [0.717, 1.165) is 37.5 Å². The van der Waals surface area contributed by atoms with Gasteiger partial charge in [0.2, 0.25) is 0 Å². The number of nitrogens with zero attached hydrogens (tertiary/aromatic N) is 1. The molecule has 0 aliphatic carbocycles. The summed E-state index contributed by atoms with van der Waals surface area (Å²) < 4.78 is 11.6. The van der Waals surface area contributed by atoms with Crippen molar-refractivity contribution in [2.24, 2.45) is 5.73 Å². The highest BCUT2D eigenvalue weighted by atomic mass is 16.5. The van der Waals surface area contributed by atoms with Crippen LogP contribution in [-0.4, -0.2) is 37.7 Å². The summed E-state index contributed by atoms with van der Waals surface area (Å²) in [5.41, 5.74) is 5.92. The maximum atomic E-state index is 5.92. The van der Waals surface area contributed by atoms with Gasteiger partial charge in [0.05, 0.1) is 12.1 Å². The molecule has 1 fully saturated rings. The molecule has 2 rings (SSSR count). The third-order valence-electron chi connectivity index (χ3n) is 3.88. The van der Waals surface area contributed by atoms with Gasteiger partial charge in [-0.15, -0.1) is 0 Å². The third-order valence-corrected chi connectivity index (χ3v) is 3.88. The Bertz CT molecular complexity index is 372. The van der Waals surface area contributed by atoms with Gasteiger partial charge >= 0.3 is 0 Å². The summed E-state index contributed by atoms with van der Waals surface area (Å²) in [6.45, 7) is 4.48. The molecule has 4 nitrogen and oxygen atoms in total. The molecule has 0 aromatic carbocycles. The van der Waals surface area contributed by atoms with Crippen LogP contribution in [0.25, 0.3) is 0 Å². The highest BCUT2D eigenvalue weighted by Crippen LogP contribution is 2.23. The molecule has 0 bridgehead atoms. The summed E-state index contributed by atoms with van der Waals surface area (Å²) in [7, 11) is 2.10. The predicted molar refractivity (Wildman–Crippen MR) is 76.1 cm³/mol. The molecule has 0 radical (unpaired) electrons. The maximum Gasteiger partial charge on any atom is 0.122 e. The van der Waals surface area contributed by atoms with E-state index < -0.39 is 0 Å². The lowest BCUT2D eigenvalue weighted by Gasteiger charge is -2.31. The predicted octanol–water partition coefficient (Wildman–Crippen LogP) is 2.34. The minimum absolute atomic E-state index is 0.144. The molecule has 2 unspecified atom stereocenters. The normalized spacial score (nSPS) is 21.8. The molecule has 108 valence electrons. The third kappa shape index (κ3) is 3.81. The van der Waals surface area contributed by atoms with Crippen LogP contribution in [-0.2, 0) is 11.2 Å². The molecule has 2 heterocycles. The molecule has 4 heteroatoms. The zero-order chi connectivity index (χ0) is 13.7. The van der Waals surface area contributed by atoms with E-state index in [1.54, 1.807) is 0 Å². The Morgan fingerprint density at radius 1 is 1.42 bits per heavy atom. The number of nitrogens with two attached hydrogens (primary N) is 1. The van der Waals surface area contributed by atoms with Crippen LogP contribution in [0.15, 0.2) is 16.5 Å². The highest BCUT2D eigenvalue weighted by molar-refractivity contribution is 5.11. The zero-order valence-electron chi connectivity index (χ0n) is 12.1. The van der Waals surface area contributed by atoms with Crippen molar-refractivity contribution in [3.05, 3.63) is 23.7 Å². The Kier molecular flexibility index (Phi) is 5.43. The van der Waals surface area contributed by atoms with E-state index in [1.165, 1.54) is 12.8 Å². The number of hydrogen-bond acceptors (Lipinski definition) is 4. The van der Waals surface area contributed by atoms with Gasteiger partial charge in [-0.1, -0.05) is 6.92 Å². The lowest BCUT2D eigenvalue weighted by molar-refractivity contribution is -0.00922. The minimum atomic E-state index is 0.144. The first-order valence-corrected chi connectivity index (χ1v) is 7.35. The fourth-order valence-electron chi connectivity index (χ4n) is 2.68. The van der Waals surface area contributed by atoms with Gasteiger partial charge in [0.15, 0.2) is 0 Å². The molecule has 1 aromatic heterocycles. The molecule has 2 atom stereocenters. The summed E-state index contributed by atoms with van der Waals surface area (Å²) >= 11 is 0. The summed E-state index contributed by atoms with van der Waals surface area (Å²) in [6.07, 6.45) is 4.88. The molecule has 1 aliphatic heterocycles. The van der Waals surface area contributed by atoms with Crippen molar-refractivity contribution in [1.82, 2.24) is 4.90 Å². The van der Waals surface area contributed by atoms with E-state index in [-0.39, 0.29) is 6.04 Å². The number of aryl methyl sites for hydroxylation is 1. The standard InChI is InChI=1S/C15H26N2O2/c1-3-12-7-8-15(19-12)14(10-16)17(2)11-13-6-4-5-9-18-13/h7-8,13-14H,3-6,9-11,16H2,1-2H3. The average Bonchev–Trinajstić information content (AvgIpc) is 2.89. The SMILES string of the molecule is CCc1ccc(C(CN)N(C)CC2CCCCO2)o1. The molecule has 2 N–H and O–H groups in total. The van der Waals surface area contributed by atoms with Gasteiger partial charge in [-0.25, -0.2) is 0 Å². The molecule has 1 saturated heterocycles. The Hall–Kier alpha value is -0.840. The van der Waals surface area contributed by atoms with E-state index in [2.05, 4.69) is 24.9 Å². The van der Waals surface area contributed by atoms with E-state index in [9.17, 15) is 0 Å². The molecule has 1 aromatic rings. The van der Waals surface area contributed by atoms with Gasteiger partial charge < -0.3 is 14.9 Å². The van der Waals surface area contributed by atoms with Gasteiger partial charge in [-0.05, 0) is 38.4 Å². The van der Waals surface area contributed by atoms with Crippen molar-refractivity contribution >= 4 is 0 Å². The number of hydrogen-bond donors (Lipinski definition) is 1. The number of furan rings is 1. The summed E-state index contributed by atoms with van der Waals surface area (Å²) in [6, 6.07) is 4.24. The van der Waals surface area contributed by atoms with Gasteiger partial charge in [-0.3, -0.25) is 4.90 Å². The van der Waals surface area contributed by atoms with Gasteiger partial charge in [0, 0.05) is 26.1 Å². The quantitative estimate of drug-likeness (QED) is 0.858. The largest absolute Gasteiger partial charge is 0.464 e. The van der Waals surface area contributed by atoms with Crippen molar-refractivity contribution in [2.75, 3.05) is 26.7 Å². The summed E-state index contributed by atoms with van der Waals surface area (Å²) in [4.78, 5) is 2.26. The van der Waals surface area contributed by atoms with E-state index in [0.29, 0.717) is 12.6 Å². The molecular weight excluding hydrogens is 240 g/mol. The molecule has 19 heavy (non-hydrogen) atoms.